The van der Waals surface area contributed by atoms with Gasteiger partial charge in [0.15, 0.2) is 0 Å². The van der Waals surface area contributed by atoms with E-state index in [1.54, 1.807) is 6.20 Å². The molecule has 0 radical (unpaired) electrons. The first-order chi connectivity index (χ1) is 8.27. The molecule has 0 aromatic carbocycles. The largest absolute Gasteiger partial charge is 0.350 e. The number of carbonyl (C=O) groups excluding carboxylic acids is 1. The van der Waals surface area contributed by atoms with E-state index in [1.165, 1.54) is 0 Å². The minimum absolute atomic E-state index is 0.161. The van der Waals surface area contributed by atoms with Gasteiger partial charge in [-0.1, -0.05) is 32.8 Å². The van der Waals surface area contributed by atoms with Crippen molar-refractivity contribution in [3.63, 3.8) is 0 Å². The third-order valence-corrected chi connectivity index (χ3v) is 2.81. The number of pyridine rings is 1. The standard InChI is InChI=1S/C14H22N2O/c1-3-7-12(8-4-2)14(17)16-11-13-9-5-6-10-15-13/h5-6,9-10,12H,3-4,7-8,11H2,1-2H3,(H,16,17). The van der Waals surface area contributed by atoms with Crippen LogP contribution >= 0.6 is 0 Å². The number of hydrogen-bond acceptors (Lipinski definition) is 2. The SMILES string of the molecule is CCCC(CCC)C(=O)NCc1ccccn1. The zero-order valence-electron chi connectivity index (χ0n) is 10.8. The Balaban J connectivity index is 2.41. The van der Waals surface area contributed by atoms with E-state index in [0.29, 0.717) is 6.54 Å². The van der Waals surface area contributed by atoms with Crippen molar-refractivity contribution in [3.05, 3.63) is 30.1 Å². The van der Waals surface area contributed by atoms with Crippen LogP contribution in [0.15, 0.2) is 24.4 Å². The maximum absolute atomic E-state index is 12.0. The fourth-order valence-electron chi connectivity index (χ4n) is 1.93. The van der Waals surface area contributed by atoms with Crippen molar-refractivity contribution in [2.45, 2.75) is 46.1 Å². The molecular formula is C14H22N2O. The van der Waals surface area contributed by atoms with Crippen LogP contribution in [0.5, 0.6) is 0 Å². The van der Waals surface area contributed by atoms with E-state index in [1.807, 2.05) is 18.2 Å². The van der Waals surface area contributed by atoms with Gasteiger partial charge in [0, 0.05) is 12.1 Å². The van der Waals surface area contributed by atoms with E-state index >= 15 is 0 Å². The lowest BCUT2D eigenvalue weighted by Gasteiger charge is -2.14. The molecule has 0 bridgehead atoms. The van der Waals surface area contributed by atoms with Gasteiger partial charge in [0.25, 0.3) is 0 Å². The van der Waals surface area contributed by atoms with Crippen LogP contribution in [-0.2, 0) is 11.3 Å². The molecule has 1 N–H and O–H groups in total. The number of amides is 1. The summed E-state index contributed by atoms with van der Waals surface area (Å²) in [5, 5.41) is 2.97. The summed E-state index contributed by atoms with van der Waals surface area (Å²) in [7, 11) is 0. The second kappa shape index (κ2) is 7.82. The van der Waals surface area contributed by atoms with Crippen molar-refractivity contribution in [2.75, 3.05) is 0 Å². The lowest BCUT2D eigenvalue weighted by molar-refractivity contribution is -0.125. The molecule has 1 aromatic rings. The normalized spacial score (nSPS) is 10.5. The second-order valence-corrected chi connectivity index (χ2v) is 4.31. The lowest BCUT2D eigenvalue weighted by Crippen LogP contribution is -2.30. The highest BCUT2D eigenvalue weighted by atomic mass is 16.1. The Labute approximate surface area is 104 Å². The Kier molecular flexibility index (Phi) is 6.30. The Hall–Kier alpha value is -1.38. The van der Waals surface area contributed by atoms with Gasteiger partial charge in [-0.2, -0.15) is 0 Å². The monoisotopic (exact) mass is 234 g/mol. The minimum atomic E-state index is 0.161. The third kappa shape index (κ3) is 4.98. The van der Waals surface area contributed by atoms with Crippen LogP contribution in [-0.4, -0.2) is 10.9 Å². The molecule has 0 saturated heterocycles. The Morgan fingerprint density at radius 2 is 2.00 bits per heavy atom. The molecule has 0 fully saturated rings. The van der Waals surface area contributed by atoms with E-state index in [0.717, 1.165) is 31.4 Å². The van der Waals surface area contributed by atoms with Gasteiger partial charge < -0.3 is 5.32 Å². The van der Waals surface area contributed by atoms with Crippen molar-refractivity contribution >= 4 is 5.91 Å². The molecule has 0 atom stereocenters. The average molecular weight is 234 g/mol. The molecule has 1 aromatic heterocycles. The quantitative estimate of drug-likeness (QED) is 0.788. The van der Waals surface area contributed by atoms with Gasteiger partial charge >= 0.3 is 0 Å². The summed E-state index contributed by atoms with van der Waals surface area (Å²) in [4.78, 5) is 16.1. The molecule has 0 saturated carbocycles. The summed E-state index contributed by atoms with van der Waals surface area (Å²) in [6.07, 6.45) is 5.81. The van der Waals surface area contributed by atoms with Crippen molar-refractivity contribution in [1.29, 1.82) is 0 Å². The van der Waals surface area contributed by atoms with Crippen LogP contribution in [0.2, 0.25) is 0 Å². The fraction of sp³-hybridized carbons (Fsp3) is 0.571. The Morgan fingerprint density at radius 1 is 1.29 bits per heavy atom. The first-order valence-corrected chi connectivity index (χ1v) is 6.45. The van der Waals surface area contributed by atoms with Crippen molar-refractivity contribution in [2.24, 2.45) is 5.92 Å². The number of nitrogens with one attached hydrogen (secondary N) is 1. The number of aromatic nitrogens is 1. The zero-order chi connectivity index (χ0) is 12.5. The van der Waals surface area contributed by atoms with Crippen LogP contribution in [0.25, 0.3) is 0 Å². The Bertz CT molecular complexity index is 318. The van der Waals surface area contributed by atoms with Crippen LogP contribution in [0.1, 0.15) is 45.2 Å². The fourth-order valence-corrected chi connectivity index (χ4v) is 1.93. The molecule has 1 rings (SSSR count). The highest BCUT2D eigenvalue weighted by molar-refractivity contribution is 5.78. The summed E-state index contributed by atoms with van der Waals surface area (Å²) in [6, 6.07) is 5.74. The molecule has 0 spiro atoms. The number of rotatable bonds is 7. The molecule has 3 nitrogen and oxygen atoms in total. The van der Waals surface area contributed by atoms with Crippen LogP contribution < -0.4 is 5.32 Å². The summed E-state index contributed by atoms with van der Waals surface area (Å²) >= 11 is 0. The second-order valence-electron chi connectivity index (χ2n) is 4.31. The van der Waals surface area contributed by atoms with Gasteiger partial charge in [0.1, 0.15) is 0 Å². The maximum Gasteiger partial charge on any atom is 0.223 e. The third-order valence-electron chi connectivity index (χ3n) is 2.81. The van der Waals surface area contributed by atoms with Gasteiger partial charge in [-0.05, 0) is 25.0 Å². The van der Waals surface area contributed by atoms with Crippen molar-refractivity contribution < 1.29 is 4.79 Å². The van der Waals surface area contributed by atoms with E-state index in [4.69, 9.17) is 0 Å². The van der Waals surface area contributed by atoms with Gasteiger partial charge in [-0.3, -0.25) is 9.78 Å². The minimum Gasteiger partial charge on any atom is -0.350 e. The predicted octanol–water partition coefficient (Wildman–Crippen LogP) is 2.91. The average Bonchev–Trinajstić information content (AvgIpc) is 2.37. The Morgan fingerprint density at radius 3 is 2.53 bits per heavy atom. The summed E-state index contributed by atoms with van der Waals surface area (Å²) < 4.78 is 0. The summed E-state index contributed by atoms with van der Waals surface area (Å²) in [6.45, 7) is 4.77. The first-order valence-electron chi connectivity index (χ1n) is 6.45. The highest BCUT2D eigenvalue weighted by Gasteiger charge is 2.15. The lowest BCUT2D eigenvalue weighted by atomic mass is 9.97. The van der Waals surface area contributed by atoms with Crippen LogP contribution in [0.4, 0.5) is 0 Å². The van der Waals surface area contributed by atoms with E-state index in [-0.39, 0.29) is 11.8 Å². The number of hydrogen-bond donors (Lipinski definition) is 1. The van der Waals surface area contributed by atoms with Crippen molar-refractivity contribution in [3.8, 4) is 0 Å². The zero-order valence-corrected chi connectivity index (χ0v) is 10.8. The van der Waals surface area contributed by atoms with E-state index in [2.05, 4.69) is 24.1 Å². The molecular weight excluding hydrogens is 212 g/mol. The molecule has 0 unspecified atom stereocenters. The molecule has 1 amide bonds. The number of nitrogens with zero attached hydrogens (tertiary/aromatic N) is 1. The van der Waals surface area contributed by atoms with Gasteiger partial charge in [0.2, 0.25) is 5.91 Å². The molecule has 0 aliphatic heterocycles. The first kappa shape index (κ1) is 13.7. The summed E-state index contributed by atoms with van der Waals surface area (Å²) in [5.74, 6) is 0.327. The smallest absolute Gasteiger partial charge is 0.223 e. The molecule has 0 aliphatic carbocycles. The molecule has 17 heavy (non-hydrogen) atoms. The molecule has 3 heteroatoms. The predicted molar refractivity (Wildman–Crippen MR) is 69.4 cm³/mol. The number of carbonyl (C=O) groups is 1. The van der Waals surface area contributed by atoms with Crippen molar-refractivity contribution in [1.82, 2.24) is 10.3 Å². The molecule has 0 aliphatic rings. The topological polar surface area (TPSA) is 42.0 Å². The molecule has 1 heterocycles. The molecule has 94 valence electrons. The van der Waals surface area contributed by atoms with Crippen LogP contribution in [0, 0.1) is 5.92 Å². The van der Waals surface area contributed by atoms with Crippen LogP contribution in [0.3, 0.4) is 0 Å². The van der Waals surface area contributed by atoms with Gasteiger partial charge in [-0.25, -0.2) is 0 Å². The van der Waals surface area contributed by atoms with Gasteiger partial charge in [-0.15, -0.1) is 0 Å². The highest BCUT2D eigenvalue weighted by Crippen LogP contribution is 2.13. The van der Waals surface area contributed by atoms with E-state index in [9.17, 15) is 4.79 Å². The summed E-state index contributed by atoms with van der Waals surface area (Å²) in [5.41, 5.74) is 0.910. The van der Waals surface area contributed by atoms with Gasteiger partial charge in [0.05, 0.1) is 12.2 Å². The maximum atomic E-state index is 12.0. The van der Waals surface area contributed by atoms with E-state index < -0.39 is 0 Å².